The topological polar surface area (TPSA) is 90.0 Å². The smallest absolute Gasteiger partial charge is 0.355 e. The highest BCUT2D eigenvalue weighted by atomic mass is 16.5. The Kier molecular flexibility index (Phi) is 6.32. The summed E-state index contributed by atoms with van der Waals surface area (Å²) in [5.41, 5.74) is 2.85. The summed E-state index contributed by atoms with van der Waals surface area (Å²) in [7, 11) is 0. The third kappa shape index (κ3) is 4.95. The molecule has 0 fully saturated rings. The van der Waals surface area contributed by atoms with Crippen LogP contribution in [0.25, 0.3) is 11.5 Å². The molecule has 156 valence electrons. The minimum absolute atomic E-state index is 0.157. The van der Waals surface area contributed by atoms with E-state index in [0.29, 0.717) is 12.2 Å². The molecule has 0 spiro atoms. The molecule has 0 aliphatic heterocycles. The fourth-order valence-electron chi connectivity index (χ4n) is 3.54. The largest absolute Gasteiger partial charge is 0.442 e. The molecule has 7 nitrogen and oxygen atoms in total. The Balaban J connectivity index is 1.42. The number of carbonyl (C=O) groups excluding carboxylic acids is 1. The molecule has 4 rings (SSSR count). The number of nitrogens with one attached hydrogen (secondary N) is 1. The van der Waals surface area contributed by atoms with Gasteiger partial charge in [0.15, 0.2) is 0 Å². The van der Waals surface area contributed by atoms with E-state index in [0.717, 1.165) is 6.42 Å². The standard InChI is InChI=1S/C24H22N4O3/c29-22(17-28-23(27-31-24(28)30)21-13-7-8-15-25-21)26-16-14-20(18-9-3-1-4-10-18)19-11-5-2-6-12-19/h1-13,15,20H,14,16-17H2,(H,26,29). The number of carbonyl (C=O) groups is 1. The van der Waals surface area contributed by atoms with Gasteiger partial charge in [0.25, 0.3) is 0 Å². The molecule has 2 heterocycles. The van der Waals surface area contributed by atoms with E-state index < -0.39 is 5.76 Å². The predicted molar refractivity (Wildman–Crippen MR) is 116 cm³/mol. The Morgan fingerprint density at radius 2 is 1.58 bits per heavy atom. The summed E-state index contributed by atoms with van der Waals surface area (Å²) in [5, 5.41) is 6.67. The van der Waals surface area contributed by atoms with Gasteiger partial charge in [0.05, 0.1) is 0 Å². The summed E-state index contributed by atoms with van der Waals surface area (Å²) in [5.74, 6) is -0.595. The number of amides is 1. The van der Waals surface area contributed by atoms with Crippen molar-refractivity contribution in [3.8, 4) is 11.5 Å². The summed E-state index contributed by atoms with van der Waals surface area (Å²) < 4.78 is 5.93. The summed E-state index contributed by atoms with van der Waals surface area (Å²) >= 11 is 0. The van der Waals surface area contributed by atoms with Crippen molar-refractivity contribution in [2.75, 3.05) is 6.54 Å². The quantitative estimate of drug-likeness (QED) is 0.478. The summed E-state index contributed by atoms with van der Waals surface area (Å²) in [6.07, 6.45) is 2.32. The molecule has 1 amide bonds. The zero-order valence-corrected chi connectivity index (χ0v) is 16.8. The molecule has 0 atom stereocenters. The molecular weight excluding hydrogens is 392 g/mol. The SMILES string of the molecule is O=C(Cn1c(-c2ccccn2)noc1=O)NCCC(c1ccccc1)c1ccccc1. The summed E-state index contributed by atoms with van der Waals surface area (Å²) in [6.45, 7) is 0.280. The first-order valence-electron chi connectivity index (χ1n) is 10.1. The molecule has 0 aliphatic rings. The van der Waals surface area contributed by atoms with Crippen molar-refractivity contribution >= 4 is 5.91 Å². The number of nitrogens with zero attached hydrogens (tertiary/aromatic N) is 3. The zero-order chi connectivity index (χ0) is 21.5. The summed E-state index contributed by atoms with van der Waals surface area (Å²) in [6, 6.07) is 25.6. The van der Waals surface area contributed by atoms with Gasteiger partial charge in [-0.25, -0.2) is 9.36 Å². The van der Waals surface area contributed by atoms with Crippen molar-refractivity contribution < 1.29 is 9.32 Å². The van der Waals surface area contributed by atoms with Crippen LogP contribution in [0.15, 0.2) is 94.4 Å². The van der Waals surface area contributed by atoms with E-state index in [2.05, 4.69) is 39.7 Å². The lowest BCUT2D eigenvalue weighted by Gasteiger charge is -2.18. The maximum atomic E-state index is 12.5. The van der Waals surface area contributed by atoms with Crippen LogP contribution in [0.2, 0.25) is 0 Å². The molecule has 7 heteroatoms. The average Bonchev–Trinajstić information content (AvgIpc) is 3.18. The van der Waals surface area contributed by atoms with Crippen molar-refractivity contribution in [2.24, 2.45) is 0 Å². The normalized spacial score (nSPS) is 10.9. The van der Waals surface area contributed by atoms with Gasteiger partial charge in [-0.2, -0.15) is 0 Å². The molecule has 31 heavy (non-hydrogen) atoms. The van der Waals surface area contributed by atoms with E-state index in [1.54, 1.807) is 24.4 Å². The minimum Gasteiger partial charge on any atom is -0.355 e. The van der Waals surface area contributed by atoms with Crippen molar-refractivity contribution in [2.45, 2.75) is 18.9 Å². The maximum absolute atomic E-state index is 12.5. The van der Waals surface area contributed by atoms with Gasteiger partial charge in [-0.05, 0) is 29.7 Å². The third-order valence-electron chi connectivity index (χ3n) is 5.04. The van der Waals surface area contributed by atoms with Crippen LogP contribution in [-0.2, 0) is 11.3 Å². The molecule has 4 aromatic rings. The molecule has 2 aromatic heterocycles. The van der Waals surface area contributed by atoms with Crippen molar-refractivity contribution in [1.82, 2.24) is 20.0 Å². The van der Waals surface area contributed by atoms with Crippen molar-refractivity contribution in [1.29, 1.82) is 0 Å². The fourth-order valence-corrected chi connectivity index (χ4v) is 3.54. The lowest BCUT2D eigenvalue weighted by atomic mass is 9.88. The first kappa shape index (κ1) is 20.3. The Bertz CT molecular complexity index is 1130. The monoisotopic (exact) mass is 414 g/mol. The molecule has 0 saturated carbocycles. The van der Waals surface area contributed by atoms with Gasteiger partial charge in [-0.1, -0.05) is 71.9 Å². The maximum Gasteiger partial charge on any atom is 0.442 e. The number of hydrogen-bond donors (Lipinski definition) is 1. The van der Waals surface area contributed by atoms with Crippen LogP contribution in [0.3, 0.4) is 0 Å². The second-order valence-electron chi connectivity index (χ2n) is 7.09. The Hall–Kier alpha value is -4.00. The molecule has 0 saturated heterocycles. The van der Waals surface area contributed by atoms with E-state index in [1.165, 1.54) is 15.7 Å². The van der Waals surface area contributed by atoms with Crippen molar-refractivity contribution in [3.05, 3.63) is 107 Å². The van der Waals surface area contributed by atoms with Gasteiger partial charge in [-0.3, -0.25) is 14.3 Å². The number of rotatable bonds is 8. The van der Waals surface area contributed by atoms with Crippen LogP contribution in [0.1, 0.15) is 23.5 Å². The second kappa shape index (κ2) is 9.67. The van der Waals surface area contributed by atoms with Gasteiger partial charge < -0.3 is 5.32 Å². The van der Waals surface area contributed by atoms with Crippen LogP contribution in [0.5, 0.6) is 0 Å². The first-order valence-corrected chi connectivity index (χ1v) is 10.1. The number of hydrogen-bond acceptors (Lipinski definition) is 5. The van der Waals surface area contributed by atoms with Gasteiger partial charge in [-0.15, -0.1) is 0 Å². The number of pyridine rings is 1. The Morgan fingerprint density at radius 3 is 2.19 bits per heavy atom. The van der Waals surface area contributed by atoms with Crippen molar-refractivity contribution in [3.63, 3.8) is 0 Å². The van der Waals surface area contributed by atoms with Gasteiger partial charge in [0.2, 0.25) is 11.7 Å². The van der Waals surface area contributed by atoms with E-state index in [4.69, 9.17) is 4.52 Å². The van der Waals surface area contributed by atoms with Gasteiger partial charge >= 0.3 is 5.76 Å². The summed E-state index contributed by atoms with van der Waals surface area (Å²) in [4.78, 5) is 28.7. The molecule has 2 aromatic carbocycles. The highest BCUT2D eigenvalue weighted by Crippen LogP contribution is 2.27. The third-order valence-corrected chi connectivity index (χ3v) is 5.04. The second-order valence-corrected chi connectivity index (χ2v) is 7.09. The zero-order valence-electron chi connectivity index (χ0n) is 16.8. The van der Waals surface area contributed by atoms with E-state index >= 15 is 0 Å². The lowest BCUT2D eigenvalue weighted by molar-refractivity contribution is -0.121. The number of aromatic nitrogens is 3. The molecule has 1 N–H and O–H groups in total. The number of benzene rings is 2. The molecule has 0 radical (unpaired) electrons. The van der Waals surface area contributed by atoms with Gasteiger partial charge in [0, 0.05) is 18.7 Å². The lowest BCUT2D eigenvalue weighted by Crippen LogP contribution is -2.32. The van der Waals surface area contributed by atoms with Crippen LogP contribution < -0.4 is 11.1 Å². The minimum atomic E-state index is -0.692. The molecule has 0 unspecified atom stereocenters. The van der Waals surface area contributed by atoms with Gasteiger partial charge in [0.1, 0.15) is 12.2 Å². The average molecular weight is 414 g/mol. The van der Waals surface area contributed by atoms with Crippen LogP contribution in [0.4, 0.5) is 0 Å². The first-order chi connectivity index (χ1) is 15.2. The molecule has 0 bridgehead atoms. The Labute approximate surface area is 179 Å². The molecule has 0 aliphatic carbocycles. The van der Waals surface area contributed by atoms with E-state index in [1.807, 2.05) is 36.4 Å². The van der Waals surface area contributed by atoms with E-state index in [-0.39, 0.29) is 24.2 Å². The Morgan fingerprint density at radius 1 is 0.935 bits per heavy atom. The predicted octanol–water partition coefficient (Wildman–Crippen LogP) is 3.24. The highest BCUT2D eigenvalue weighted by molar-refractivity contribution is 5.76. The van der Waals surface area contributed by atoms with Crippen LogP contribution in [0, 0.1) is 0 Å². The molecular formula is C24H22N4O3. The highest BCUT2D eigenvalue weighted by Gasteiger charge is 2.18. The fraction of sp³-hybridized carbons (Fsp3) is 0.167. The van der Waals surface area contributed by atoms with Crippen LogP contribution >= 0.6 is 0 Å². The van der Waals surface area contributed by atoms with Crippen LogP contribution in [-0.4, -0.2) is 27.2 Å². The van der Waals surface area contributed by atoms with E-state index in [9.17, 15) is 9.59 Å².